The number of pyridine rings is 1. The second-order valence-electron chi connectivity index (χ2n) is 11.6. The van der Waals surface area contributed by atoms with Crippen LogP contribution in [0.25, 0.3) is 72.2 Å². The maximum absolute atomic E-state index is 11.1. The van der Waals surface area contributed by atoms with E-state index in [1.165, 1.54) is 0 Å². The second kappa shape index (κ2) is 11.3. The quantitative estimate of drug-likeness (QED) is 0.200. The predicted molar refractivity (Wildman–Crippen MR) is 191 cm³/mol. The van der Waals surface area contributed by atoms with Crippen LogP contribution in [-0.2, 0) is 0 Å². The molecule has 0 atom stereocenters. The van der Waals surface area contributed by atoms with Gasteiger partial charge in [0.05, 0.1) is 16.9 Å². The fraction of sp³-hybridized carbons (Fsp3) is 0. The Balaban J connectivity index is 1.20. The first-order valence-electron chi connectivity index (χ1n) is 15.7. The highest BCUT2D eigenvalue weighted by Crippen LogP contribution is 2.44. The van der Waals surface area contributed by atoms with Gasteiger partial charge >= 0.3 is 6.01 Å². The third-order valence-corrected chi connectivity index (χ3v) is 8.68. The van der Waals surface area contributed by atoms with Crippen LogP contribution in [0.2, 0.25) is 0 Å². The summed E-state index contributed by atoms with van der Waals surface area (Å²) in [5.74, 6) is 0.176. The third-order valence-electron chi connectivity index (χ3n) is 8.68. The minimum absolute atomic E-state index is 0.0358. The number of ether oxygens (including phenoxy) is 1. The summed E-state index contributed by atoms with van der Waals surface area (Å²) < 4.78 is 14.7. The molecule has 6 nitrogen and oxygen atoms in total. The average molecular weight is 622 g/mol. The van der Waals surface area contributed by atoms with Crippen molar-refractivity contribution >= 4 is 33.0 Å². The van der Waals surface area contributed by atoms with E-state index in [0.717, 1.165) is 61.0 Å². The molecular formula is C42H27N3O3. The molecule has 3 aromatic heterocycles. The van der Waals surface area contributed by atoms with Crippen LogP contribution in [0.5, 0.6) is 17.5 Å². The lowest BCUT2D eigenvalue weighted by molar-refractivity contribution is 0.388. The number of para-hydroxylation sites is 3. The largest absolute Gasteiger partial charge is 0.504 e. The molecule has 48 heavy (non-hydrogen) atoms. The zero-order valence-corrected chi connectivity index (χ0v) is 25.6. The molecule has 0 spiro atoms. The Kier molecular flexibility index (Phi) is 6.50. The van der Waals surface area contributed by atoms with Gasteiger partial charge < -0.3 is 14.3 Å². The van der Waals surface area contributed by atoms with Crippen molar-refractivity contribution in [3.8, 4) is 56.7 Å². The number of benzene rings is 6. The molecule has 6 aromatic carbocycles. The fourth-order valence-electron chi connectivity index (χ4n) is 6.39. The van der Waals surface area contributed by atoms with Gasteiger partial charge in [0.2, 0.25) is 5.75 Å². The summed E-state index contributed by atoms with van der Waals surface area (Å²) in [6.45, 7) is 0. The number of imidazole rings is 1. The van der Waals surface area contributed by atoms with Crippen molar-refractivity contribution < 1.29 is 14.3 Å². The van der Waals surface area contributed by atoms with Crippen LogP contribution in [-0.4, -0.2) is 19.6 Å². The molecular weight excluding hydrogens is 594 g/mol. The van der Waals surface area contributed by atoms with Gasteiger partial charge in [-0.25, -0.2) is 0 Å². The molecule has 0 saturated heterocycles. The van der Waals surface area contributed by atoms with E-state index >= 15 is 0 Å². The Bertz CT molecular complexity index is 2610. The number of phenols is 1. The van der Waals surface area contributed by atoms with Crippen LogP contribution in [0, 0.1) is 0 Å². The number of furan rings is 1. The van der Waals surface area contributed by atoms with Gasteiger partial charge in [-0.3, -0.25) is 9.55 Å². The van der Waals surface area contributed by atoms with Gasteiger partial charge in [-0.15, -0.1) is 0 Å². The van der Waals surface area contributed by atoms with Crippen LogP contribution in [0.4, 0.5) is 0 Å². The first-order valence-corrected chi connectivity index (χ1v) is 15.7. The Morgan fingerprint density at radius 2 is 1.35 bits per heavy atom. The molecule has 0 aliphatic heterocycles. The van der Waals surface area contributed by atoms with Crippen molar-refractivity contribution in [1.82, 2.24) is 14.5 Å². The van der Waals surface area contributed by atoms with Crippen molar-refractivity contribution in [3.05, 3.63) is 158 Å². The maximum Gasteiger partial charge on any atom is 0.307 e. The summed E-state index contributed by atoms with van der Waals surface area (Å²) >= 11 is 0. The van der Waals surface area contributed by atoms with Crippen LogP contribution >= 0.6 is 0 Å². The molecule has 0 radical (unpaired) electrons. The van der Waals surface area contributed by atoms with E-state index in [2.05, 4.69) is 42.5 Å². The number of fused-ring (bicyclic) bond motifs is 4. The zero-order chi connectivity index (χ0) is 32.0. The monoisotopic (exact) mass is 621 g/mol. The molecule has 6 heteroatoms. The number of hydrogen-bond donors (Lipinski definition) is 1. The van der Waals surface area contributed by atoms with Crippen LogP contribution in [0.3, 0.4) is 0 Å². The van der Waals surface area contributed by atoms with Crippen molar-refractivity contribution in [1.29, 1.82) is 0 Å². The van der Waals surface area contributed by atoms with Crippen molar-refractivity contribution in [2.24, 2.45) is 0 Å². The number of rotatable bonds is 6. The maximum atomic E-state index is 11.1. The standard InChI is InChI=1S/C42H27N3O3/c46-37-22-21-34-33-17-7-8-20-38(33)47-40(34)41(37)48-42-44-39-32(18-10-19-36(39)45(42)31-15-5-2-6-16-31)29-13-9-14-30(25-29)35-26-28(23-24-43-35)27-11-3-1-4-12-27/h1-26,46H. The molecule has 0 amide bonds. The number of aromatic hydroxyl groups is 1. The first kappa shape index (κ1) is 27.6. The van der Waals surface area contributed by atoms with Gasteiger partial charge in [0.15, 0.2) is 11.3 Å². The molecule has 1 N–H and O–H groups in total. The minimum atomic E-state index is -0.0358. The second-order valence-corrected chi connectivity index (χ2v) is 11.6. The molecule has 9 aromatic rings. The number of nitrogens with zero attached hydrogens (tertiary/aromatic N) is 3. The van der Waals surface area contributed by atoms with Crippen LogP contribution in [0.15, 0.2) is 162 Å². The molecule has 0 unspecified atom stereocenters. The van der Waals surface area contributed by atoms with E-state index in [1.807, 2.05) is 114 Å². The van der Waals surface area contributed by atoms with Gasteiger partial charge in [0, 0.05) is 28.1 Å². The van der Waals surface area contributed by atoms with E-state index in [-0.39, 0.29) is 11.5 Å². The molecule has 0 saturated carbocycles. The number of hydrogen-bond acceptors (Lipinski definition) is 5. The van der Waals surface area contributed by atoms with Gasteiger partial charge in [0.25, 0.3) is 0 Å². The summed E-state index contributed by atoms with van der Waals surface area (Å²) in [6.07, 6.45) is 1.86. The topological polar surface area (TPSA) is 73.3 Å². The van der Waals surface area contributed by atoms with Gasteiger partial charge in [0.1, 0.15) is 11.1 Å². The van der Waals surface area contributed by atoms with Crippen molar-refractivity contribution in [3.63, 3.8) is 0 Å². The summed E-state index contributed by atoms with van der Waals surface area (Å²) in [4.78, 5) is 9.80. The normalized spacial score (nSPS) is 11.4. The predicted octanol–water partition coefficient (Wildman–Crippen LogP) is 10.8. The lowest BCUT2D eigenvalue weighted by Crippen LogP contribution is -1.98. The molecule has 0 aliphatic carbocycles. The SMILES string of the molecule is Oc1ccc2c(oc3ccccc32)c1Oc1nc2c(-c3cccc(-c4cc(-c5ccccc5)ccn4)c3)cccc2n1-c1ccccc1. The van der Waals surface area contributed by atoms with Gasteiger partial charge in [-0.2, -0.15) is 4.98 Å². The van der Waals surface area contributed by atoms with E-state index in [4.69, 9.17) is 19.1 Å². The van der Waals surface area contributed by atoms with Crippen molar-refractivity contribution in [2.75, 3.05) is 0 Å². The summed E-state index contributed by atoms with van der Waals surface area (Å²) in [5, 5.41) is 12.9. The van der Waals surface area contributed by atoms with Gasteiger partial charge in [-0.1, -0.05) is 97.1 Å². The highest BCUT2D eigenvalue weighted by atomic mass is 16.5. The van der Waals surface area contributed by atoms with Gasteiger partial charge in [-0.05, 0) is 71.3 Å². The smallest absolute Gasteiger partial charge is 0.307 e. The van der Waals surface area contributed by atoms with E-state index in [9.17, 15) is 5.11 Å². The minimum Gasteiger partial charge on any atom is -0.504 e. The Morgan fingerprint density at radius 1 is 0.604 bits per heavy atom. The summed E-state index contributed by atoms with van der Waals surface area (Å²) in [7, 11) is 0. The van der Waals surface area contributed by atoms with E-state index in [0.29, 0.717) is 17.2 Å². The first-order chi connectivity index (χ1) is 23.7. The lowest BCUT2D eigenvalue weighted by atomic mass is 9.99. The molecule has 0 bridgehead atoms. The molecule has 228 valence electrons. The van der Waals surface area contributed by atoms with Crippen molar-refractivity contribution in [2.45, 2.75) is 0 Å². The Labute approximate surface area is 275 Å². The lowest BCUT2D eigenvalue weighted by Gasteiger charge is -2.11. The fourth-order valence-corrected chi connectivity index (χ4v) is 6.39. The zero-order valence-electron chi connectivity index (χ0n) is 25.6. The van der Waals surface area contributed by atoms with E-state index < -0.39 is 0 Å². The summed E-state index contributed by atoms with van der Waals surface area (Å²) in [5.41, 5.74) is 9.75. The highest BCUT2D eigenvalue weighted by Gasteiger charge is 2.22. The number of phenolic OH excluding ortho intramolecular Hbond substituents is 1. The molecule has 0 fully saturated rings. The third kappa shape index (κ3) is 4.66. The Hall–Kier alpha value is -6.66. The molecule has 0 aliphatic rings. The number of aromatic nitrogens is 3. The van der Waals surface area contributed by atoms with Crippen LogP contribution in [0.1, 0.15) is 0 Å². The molecule has 9 rings (SSSR count). The Morgan fingerprint density at radius 3 is 2.23 bits per heavy atom. The van der Waals surface area contributed by atoms with Crippen LogP contribution < -0.4 is 4.74 Å². The molecule has 3 heterocycles. The average Bonchev–Trinajstić information content (AvgIpc) is 3.72. The van der Waals surface area contributed by atoms with E-state index in [1.54, 1.807) is 6.07 Å². The summed E-state index contributed by atoms with van der Waals surface area (Å²) in [6, 6.07) is 50.5. The highest BCUT2D eigenvalue weighted by molar-refractivity contribution is 6.07.